The van der Waals surface area contributed by atoms with Gasteiger partial charge in [-0.15, -0.1) is 12.4 Å². The molecule has 0 amide bonds. The summed E-state index contributed by atoms with van der Waals surface area (Å²) in [7, 11) is 0. The first kappa shape index (κ1) is 20.8. The molecule has 0 aliphatic carbocycles. The molecule has 2 N–H and O–H groups in total. The zero-order valence-corrected chi connectivity index (χ0v) is 18.0. The number of aromatic amines is 1. The molecule has 0 fully saturated rings. The highest BCUT2D eigenvalue weighted by molar-refractivity contribution is 5.88. The Morgan fingerprint density at radius 3 is 2.61 bits per heavy atom. The number of hydrogen-bond acceptors (Lipinski definition) is 2. The molecule has 3 nitrogen and oxygen atoms in total. The Kier molecular flexibility index (Phi) is 6.69. The molecule has 4 heteroatoms. The molecule has 0 radical (unpaired) electrons. The predicted octanol–water partition coefficient (Wildman–Crippen LogP) is 5.21. The lowest BCUT2D eigenvalue weighted by Gasteiger charge is -2.14. The lowest BCUT2D eigenvalue weighted by atomic mass is 9.99. The summed E-state index contributed by atoms with van der Waals surface area (Å²) >= 11 is 0. The van der Waals surface area contributed by atoms with E-state index in [1.54, 1.807) is 0 Å². The van der Waals surface area contributed by atoms with Crippen LogP contribution in [0.1, 0.15) is 39.9 Å². The molecule has 0 spiro atoms. The van der Waals surface area contributed by atoms with Crippen molar-refractivity contribution in [3.63, 3.8) is 0 Å². The topological polar surface area (TPSA) is 37.0 Å². The summed E-state index contributed by atoms with van der Waals surface area (Å²) in [6.07, 6.45) is 4.30. The fourth-order valence-electron chi connectivity index (χ4n) is 4.28. The van der Waals surface area contributed by atoms with Crippen LogP contribution in [0.3, 0.4) is 0 Å². The third kappa shape index (κ3) is 4.06. The highest BCUT2D eigenvalue weighted by Crippen LogP contribution is 2.29. The summed E-state index contributed by atoms with van der Waals surface area (Å²) < 4.78 is 6.18. The minimum atomic E-state index is 0. The number of benzene rings is 2. The van der Waals surface area contributed by atoms with Gasteiger partial charge in [0.05, 0.1) is 6.61 Å². The maximum atomic E-state index is 6.18. The highest BCUT2D eigenvalue weighted by atomic mass is 35.5. The van der Waals surface area contributed by atoms with Crippen LogP contribution in [0.4, 0.5) is 0 Å². The summed E-state index contributed by atoms with van der Waals surface area (Å²) in [6, 6.07) is 11.0. The number of H-pyrrole nitrogens is 1. The molecule has 1 aromatic heterocycles. The number of ether oxygens (including phenoxy) is 1. The monoisotopic (exact) mass is 398 g/mol. The SMILES string of the molecule is Cc1ccc(C)c(OCCCc2cccc3[nH]c4c(c23)CCNCC4)c1C.Cl. The van der Waals surface area contributed by atoms with E-state index in [0.29, 0.717) is 0 Å². The Morgan fingerprint density at radius 2 is 1.75 bits per heavy atom. The number of halogens is 1. The summed E-state index contributed by atoms with van der Waals surface area (Å²) in [6.45, 7) is 9.33. The summed E-state index contributed by atoms with van der Waals surface area (Å²) in [5.41, 5.74) is 9.48. The average molecular weight is 399 g/mol. The second-order valence-electron chi connectivity index (χ2n) is 7.78. The van der Waals surface area contributed by atoms with Crippen LogP contribution in [-0.4, -0.2) is 24.7 Å². The van der Waals surface area contributed by atoms with Crippen molar-refractivity contribution in [2.24, 2.45) is 0 Å². The number of hydrogen-bond donors (Lipinski definition) is 2. The van der Waals surface area contributed by atoms with Gasteiger partial charge in [0.2, 0.25) is 0 Å². The van der Waals surface area contributed by atoms with Gasteiger partial charge in [-0.1, -0.05) is 24.3 Å². The molecule has 1 aliphatic rings. The van der Waals surface area contributed by atoms with Gasteiger partial charge >= 0.3 is 0 Å². The van der Waals surface area contributed by atoms with E-state index in [1.807, 2.05) is 0 Å². The zero-order valence-electron chi connectivity index (χ0n) is 17.2. The van der Waals surface area contributed by atoms with Crippen LogP contribution in [0.25, 0.3) is 10.9 Å². The van der Waals surface area contributed by atoms with Crippen molar-refractivity contribution >= 4 is 23.3 Å². The smallest absolute Gasteiger partial charge is 0.125 e. The summed E-state index contributed by atoms with van der Waals surface area (Å²) in [5, 5.41) is 4.97. The maximum Gasteiger partial charge on any atom is 0.125 e. The molecule has 3 aromatic rings. The van der Waals surface area contributed by atoms with Crippen LogP contribution in [0, 0.1) is 20.8 Å². The molecular weight excluding hydrogens is 368 g/mol. The van der Waals surface area contributed by atoms with Crippen molar-refractivity contribution in [3.8, 4) is 5.75 Å². The Hall–Kier alpha value is -1.97. The number of aromatic nitrogens is 1. The number of aryl methyl sites for hydroxylation is 3. The first-order valence-corrected chi connectivity index (χ1v) is 10.2. The van der Waals surface area contributed by atoms with Crippen molar-refractivity contribution < 1.29 is 4.74 Å². The zero-order chi connectivity index (χ0) is 18.8. The number of fused-ring (bicyclic) bond motifs is 3. The van der Waals surface area contributed by atoms with E-state index in [-0.39, 0.29) is 12.4 Å². The Labute approximate surface area is 174 Å². The van der Waals surface area contributed by atoms with Gasteiger partial charge in [0.1, 0.15) is 5.75 Å². The van der Waals surface area contributed by atoms with Crippen molar-refractivity contribution in [3.05, 3.63) is 63.8 Å². The van der Waals surface area contributed by atoms with Gasteiger partial charge in [0, 0.05) is 29.6 Å². The van der Waals surface area contributed by atoms with Gasteiger partial charge in [-0.2, -0.15) is 0 Å². The fraction of sp³-hybridized carbons (Fsp3) is 0.417. The third-order valence-corrected chi connectivity index (χ3v) is 5.92. The molecule has 2 heterocycles. The largest absolute Gasteiger partial charge is 0.493 e. The molecule has 2 aromatic carbocycles. The van der Waals surface area contributed by atoms with Crippen LogP contribution in [-0.2, 0) is 19.3 Å². The average Bonchev–Trinajstić information content (AvgIpc) is 2.86. The number of nitrogens with one attached hydrogen (secondary N) is 2. The van der Waals surface area contributed by atoms with E-state index in [4.69, 9.17) is 4.74 Å². The van der Waals surface area contributed by atoms with E-state index in [2.05, 4.69) is 61.4 Å². The molecule has 0 bridgehead atoms. The molecule has 1 aliphatic heterocycles. The maximum absolute atomic E-state index is 6.18. The van der Waals surface area contributed by atoms with E-state index >= 15 is 0 Å². The van der Waals surface area contributed by atoms with Crippen LogP contribution >= 0.6 is 12.4 Å². The first-order valence-electron chi connectivity index (χ1n) is 10.2. The van der Waals surface area contributed by atoms with Crippen LogP contribution in [0.2, 0.25) is 0 Å². The van der Waals surface area contributed by atoms with Crippen molar-refractivity contribution in [2.75, 3.05) is 19.7 Å². The van der Waals surface area contributed by atoms with Crippen molar-refractivity contribution in [2.45, 2.75) is 46.5 Å². The predicted molar refractivity (Wildman–Crippen MR) is 120 cm³/mol. The molecule has 0 saturated carbocycles. The Balaban J connectivity index is 0.00000225. The first-order chi connectivity index (χ1) is 13.1. The van der Waals surface area contributed by atoms with Gasteiger partial charge in [-0.25, -0.2) is 0 Å². The highest BCUT2D eigenvalue weighted by Gasteiger charge is 2.16. The Morgan fingerprint density at radius 1 is 0.964 bits per heavy atom. The van der Waals surface area contributed by atoms with Gasteiger partial charge in [-0.05, 0) is 80.5 Å². The van der Waals surface area contributed by atoms with E-state index in [1.165, 1.54) is 44.4 Å². The van der Waals surface area contributed by atoms with Gasteiger partial charge in [0.25, 0.3) is 0 Å². The number of rotatable bonds is 5. The fourth-order valence-corrected chi connectivity index (χ4v) is 4.28. The normalized spacial score (nSPS) is 13.7. The van der Waals surface area contributed by atoms with Crippen LogP contribution < -0.4 is 10.1 Å². The third-order valence-electron chi connectivity index (χ3n) is 5.92. The molecule has 0 atom stereocenters. The summed E-state index contributed by atoms with van der Waals surface area (Å²) in [5.74, 6) is 1.06. The van der Waals surface area contributed by atoms with Crippen LogP contribution in [0.15, 0.2) is 30.3 Å². The van der Waals surface area contributed by atoms with Crippen LogP contribution in [0.5, 0.6) is 5.75 Å². The molecule has 0 unspecified atom stereocenters. The second-order valence-corrected chi connectivity index (χ2v) is 7.78. The van der Waals surface area contributed by atoms with Crippen molar-refractivity contribution in [1.82, 2.24) is 10.3 Å². The summed E-state index contributed by atoms with van der Waals surface area (Å²) in [4.78, 5) is 3.66. The quantitative estimate of drug-likeness (QED) is 0.578. The van der Waals surface area contributed by atoms with Gasteiger partial charge in [0.15, 0.2) is 0 Å². The molecule has 4 rings (SSSR count). The van der Waals surface area contributed by atoms with E-state index in [9.17, 15) is 0 Å². The molecule has 28 heavy (non-hydrogen) atoms. The van der Waals surface area contributed by atoms with E-state index < -0.39 is 0 Å². The van der Waals surface area contributed by atoms with Gasteiger partial charge in [-0.3, -0.25) is 0 Å². The molecule has 150 valence electrons. The standard InChI is InChI=1S/C24H30N2O.ClH/c1-16-9-10-17(2)24(18(16)3)27-15-5-7-19-6-4-8-22-23(19)20-11-13-25-14-12-21(20)26-22;/h4,6,8-10,25-26H,5,7,11-15H2,1-3H3;1H. The molecule has 0 saturated heterocycles. The minimum absolute atomic E-state index is 0. The molecular formula is C24H31ClN2O. The Bertz CT molecular complexity index is 961. The van der Waals surface area contributed by atoms with Gasteiger partial charge < -0.3 is 15.0 Å². The lowest BCUT2D eigenvalue weighted by Crippen LogP contribution is -2.16. The second kappa shape index (κ2) is 9.02. The van der Waals surface area contributed by atoms with E-state index in [0.717, 1.165) is 51.1 Å². The van der Waals surface area contributed by atoms with Crippen molar-refractivity contribution in [1.29, 1.82) is 0 Å². The lowest BCUT2D eigenvalue weighted by molar-refractivity contribution is 0.307. The minimum Gasteiger partial charge on any atom is -0.493 e.